The van der Waals surface area contributed by atoms with Gasteiger partial charge in [0.2, 0.25) is 5.91 Å². The normalized spacial score (nSPS) is 25.0. The smallest absolute Gasteiger partial charge is 0.234 e. The lowest BCUT2D eigenvalue weighted by Gasteiger charge is -2.37. The van der Waals surface area contributed by atoms with Crippen molar-refractivity contribution in [1.29, 1.82) is 0 Å². The number of hydrogen-bond donors (Lipinski definition) is 1. The van der Waals surface area contributed by atoms with Gasteiger partial charge >= 0.3 is 0 Å². The molecule has 1 amide bonds. The van der Waals surface area contributed by atoms with E-state index in [9.17, 15) is 4.79 Å². The molecule has 2 aliphatic heterocycles. The topological polar surface area (TPSA) is 44.8 Å². The molecule has 2 fully saturated rings. The summed E-state index contributed by atoms with van der Waals surface area (Å²) in [5.41, 5.74) is 1.34. The van der Waals surface area contributed by atoms with Crippen LogP contribution in [0.25, 0.3) is 0 Å². The second kappa shape index (κ2) is 8.10. The number of nitrogens with zero attached hydrogens (tertiary/aromatic N) is 2. The lowest BCUT2D eigenvalue weighted by Crippen LogP contribution is -2.50. The van der Waals surface area contributed by atoms with Crippen LogP contribution in [-0.4, -0.2) is 67.2 Å². The highest BCUT2D eigenvalue weighted by Crippen LogP contribution is 2.24. The third-order valence-electron chi connectivity index (χ3n) is 4.80. The largest absolute Gasteiger partial charge is 0.374 e. The van der Waals surface area contributed by atoms with Gasteiger partial charge in [0, 0.05) is 32.7 Å². The second-order valence-electron chi connectivity index (χ2n) is 7.32. The van der Waals surface area contributed by atoms with Crippen LogP contribution < -0.4 is 5.32 Å². The number of ether oxygens (including phenoxy) is 1. The molecule has 132 valence electrons. The van der Waals surface area contributed by atoms with E-state index < -0.39 is 0 Å². The second-order valence-corrected chi connectivity index (χ2v) is 7.32. The van der Waals surface area contributed by atoms with Gasteiger partial charge in [-0.2, -0.15) is 0 Å². The van der Waals surface area contributed by atoms with E-state index in [-0.39, 0.29) is 12.0 Å². The zero-order valence-corrected chi connectivity index (χ0v) is 14.8. The first-order chi connectivity index (χ1) is 11.6. The lowest BCUT2D eigenvalue weighted by atomic mass is 10.1. The van der Waals surface area contributed by atoms with Gasteiger partial charge in [0.05, 0.1) is 25.3 Å². The minimum Gasteiger partial charge on any atom is -0.374 e. The molecule has 5 heteroatoms. The van der Waals surface area contributed by atoms with Gasteiger partial charge in [-0.1, -0.05) is 44.2 Å². The van der Waals surface area contributed by atoms with Crippen molar-refractivity contribution in [2.45, 2.75) is 32.5 Å². The number of benzene rings is 1. The van der Waals surface area contributed by atoms with Crippen LogP contribution in [0, 0.1) is 5.92 Å². The van der Waals surface area contributed by atoms with Crippen LogP contribution in [0.1, 0.15) is 19.4 Å². The van der Waals surface area contributed by atoms with Gasteiger partial charge in [0.25, 0.3) is 0 Å². The molecule has 0 aliphatic carbocycles. The van der Waals surface area contributed by atoms with Crippen molar-refractivity contribution in [2.75, 3.05) is 39.3 Å². The van der Waals surface area contributed by atoms with Crippen LogP contribution in [0.2, 0.25) is 0 Å². The average Bonchev–Trinajstić information content (AvgIpc) is 2.97. The number of rotatable bonds is 6. The Balaban J connectivity index is 1.54. The molecule has 1 aromatic rings. The van der Waals surface area contributed by atoms with Crippen molar-refractivity contribution in [1.82, 2.24) is 15.1 Å². The molecule has 24 heavy (non-hydrogen) atoms. The highest BCUT2D eigenvalue weighted by Gasteiger charge is 2.40. The van der Waals surface area contributed by atoms with E-state index in [1.807, 2.05) is 0 Å². The summed E-state index contributed by atoms with van der Waals surface area (Å²) in [5.74, 6) is 0.608. The first-order valence-electron chi connectivity index (χ1n) is 9.00. The van der Waals surface area contributed by atoms with Gasteiger partial charge in [0.1, 0.15) is 0 Å². The van der Waals surface area contributed by atoms with Crippen LogP contribution in [0.5, 0.6) is 0 Å². The fourth-order valence-electron chi connectivity index (χ4n) is 3.55. The molecule has 0 spiro atoms. The average molecular weight is 331 g/mol. The van der Waals surface area contributed by atoms with Crippen LogP contribution in [0.3, 0.4) is 0 Å². The van der Waals surface area contributed by atoms with Crippen molar-refractivity contribution in [3.8, 4) is 0 Å². The maximum Gasteiger partial charge on any atom is 0.234 e. The van der Waals surface area contributed by atoms with Crippen LogP contribution in [0.15, 0.2) is 30.3 Å². The van der Waals surface area contributed by atoms with Crippen molar-refractivity contribution < 1.29 is 9.53 Å². The maximum atomic E-state index is 12.1. The number of fused-ring (bicyclic) bond motifs is 1. The van der Waals surface area contributed by atoms with Crippen LogP contribution >= 0.6 is 0 Å². The Morgan fingerprint density at radius 3 is 2.83 bits per heavy atom. The minimum atomic E-state index is 0.122. The summed E-state index contributed by atoms with van der Waals surface area (Å²) in [6.45, 7) is 9.90. The summed E-state index contributed by atoms with van der Waals surface area (Å²) < 4.78 is 5.96. The number of amides is 1. The van der Waals surface area contributed by atoms with Crippen LogP contribution in [0.4, 0.5) is 0 Å². The predicted octanol–water partition coefficient (Wildman–Crippen LogP) is 1.34. The fourth-order valence-corrected chi connectivity index (χ4v) is 3.55. The summed E-state index contributed by atoms with van der Waals surface area (Å²) in [4.78, 5) is 16.8. The number of hydrogen-bond acceptors (Lipinski definition) is 4. The van der Waals surface area contributed by atoms with Crippen LogP contribution in [-0.2, 0) is 16.1 Å². The van der Waals surface area contributed by atoms with Crippen molar-refractivity contribution in [3.05, 3.63) is 35.9 Å². The van der Waals surface area contributed by atoms with Gasteiger partial charge in [-0.15, -0.1) is 0 Å². The Morgan fingerprint density at radius 1 is 1.29 bits per heavy atom. The molecule has 3 rings (SSSR count). The number of carbonyl (C=O) groups is 1. The van der Waals surface area contributed by atoms with E-state index in [2.05, 4.69) is 59.3 Å². The zero-order chi connectivity index (χ0) is 16.9. The molecule has 0 saturated carbocycles. The SMILES string of the molecule is CC(C)CNC(=O)CN1CC2OCCN(Cc3ccccc3)C2C1. The molecule has 2 saturated heterocycles. The zero-order valence-electron chi connectivity index (χ0n) is 14.8. The quantitative estimate of drug-likeness (QED) is 0.854. The molecule has 1 N–H and O–H groups in total. The van der Waals surface area contributed by atoms with E-state index in [4.69, 9.17) is 4.74 Å². The van der Waals surface area contributed by atoms with Crippen molar-refractivity contribution >= 4 is 5.91 Å². The number of likely N-dealkylation sites (tertiary alicyclic amines) is 1. The molecule has 0 radical (unpaired) electrons. The molecule has 5 nitrogen and oxygen atoms in total. The summed E-state index contributed by atoms with van der Waals surface area (Å²) >= 11 is 0. The summed E-state index contributed by atoms with van der Waals surface area (Å²) in [5, 5.41) is 3.01. The monoisotopic (exact) mass is 331 g/mol. The summed E-state index contributed by atoms with van der Waals surface area (Å²) in [7, 11) is 0. The third kappa shape index (κ3) is 4.56. The van der Waals surface area contributed by atoms with Gasteiger partial charge in [0.15, 0.2) is 0 Å². The number of nitrogens with one attached hydrogen (secondary N) is 1. The number of morpholine rings is 1. The predicted molar refractivity (Wildman–Crippen MR) is 94.7 cm³/mol. The van der Waals surface area contributed by atoms with Gasteiger partial charge in [-0.3, -0.25) is 14.6 Å². The van der Waals surface area contributed by atoms with Crippen molar-refractivity contribution in [3.63, 3.8) is 0 Å². The first-order valence-corrected chi connectivity index (χ1v) is 9.00. The Hall–Kier alpha value is -1.43. The molecule has 1 aromatic carbocycles. The van der Waals surface area contributed by atoms with E-state index in [0.29, 0.717) is 18.5 Å². The first kappa shape index (κ1) is 17.4. The standard InChI is InChI=1S/C19H29N3O2/c1-15(2)10-20-19(23)14-21-12-17-18(13-21)24-9-8-22(17)11-16-6-4-3-5-7-16/h3-7,15,17-18H,8-14H2,1-2H3,(H,20,23). The molecular weight excluding hydrogens is 302 g/mol. The van der Waals surface area contributed by atoms with E-state index in [0.717, 1.165) is 39.3 Å². The van der Waals surface area contributed by atoms with E-state index in [1.54, 1.807) is 0 Å². The maximum absolute atomic E-state index is 12.1. The highest BCUT2D eigenvalue weighted by molar-refractivity contribution is 5.78. The van der Waals surface area contributed by atoms with Gasteiger partial charge in [-0.25, -0.2) is 0 Å². The molecule has 2 heterocycles. The third-order valence-corrected chi connectivity index (χ3v) is 4.80. The number of carbonyl (C=O) groups excluding carboxylic acids is 1. The molecule has 2 unspecified atom stereocenters. The highest BCUT2D eigenvalue weighted by atomic mass is 16.5. The Kier molecular flexibility index (Phi) is 5.87. The Morgan fingerprint density at radius 2 is 2.08 bits per heavy atom. The molecule has 0 aromatic heterocycles. The summed E-state index contributed by atoms with van der Waals surface area (Å²) in [6, 6.07) is 11.0. The summed E-state index contributed by atoms with van der Waals surface area (Å²) in [6.07, 6.45) is 0.223. The Bertz CT molecular complexity index is 535. The lowest BCUT2D eigenvalue weighted by molar-refractivity contribution is -0.122. The van der Waals surface area contributed by atoms with Crippen molar-refractivity contribution in [2.24, 2.45) is 5.92 Å². The fraction of sp³-hybridized carbons (Fsp3) is 0.632. The Labute approximate surface area is 145 Å². The molecular formula is C19H29N3O2. The van der Waals surface area contributed by atoms with Gasteiger partial charge < -0.3 is 10.1 Å². The van der Waals surface area contributed by atoms with Gasteiger partial charge in [-0.05, 0) is 11.5 Å². The molecule has 0 bridgehead atoms. The van der Waals surface area contributed by atoms with E-state index >= 15 is 0 Å². The molecule has 2 atom stereocenters. The minimum absolute atomic E-state index is 0.122. The van der Waals surface area contributed by atoms with E-state index in [1.165, 1.54) is 5.56 Å². The molecule has 2 aliphatic rings.